The van der Waals surface area contributed by atoms with E-state index in [4.69, 9.17) is 0 Å². The van der Waals surface area contributed by atoms with Gasteiger partial charge in [0.1, 0.15) is 5.82 Å². The summed E-state index contributed by atoms with van der Waals surface area (Å²) in [7, 11) is 1.84. The van der Waals surface area contributed by atoms with E-state index in [2.05, 4.69) is 74.6 Å². The molecule has 2 N–H and O–H groups in total. The Morgan fingerprint density at radius 1 is 1.22 bits per heavy atom. The van der Waals surface area contributed by atoms with Crippen LogP contribution >= 0.6 is 24.0 Å². The summed E-state index contributed by atoms with van der Waals surface area (Å²) in [5.41, 5.74) is 1.41. The highest BCUT2D eigenvalue weighted by atomic mass is 127. The second kappa shape index (κ2) is 8.58. The van der Waals surface area contributed by atoms with Gasteiger partial charge >= 0.3 is 0 Å². The van der Waals surface area contributed by atoms with Crippen molar-refractivity contribution in [2.75, 3.05) is 7.05 Å². The van der Waals surface area contributed by atoms with Gasteiger partial charge in [0, 0.05) is 37.4 Å². The minimum absolute atomic E-state index is 0. The molecule has 1 aliphatic heterocycles. The zero-order valence-electron chi connectivity index (χ0n) is 16.2. The van der Waals surface area contributed by atoms with Crippen LogP contribution in [0.4, 0.5) is 0 Å². The van der Waals surface area contributed by atoms with Crippen molar-refractivity contribution in [3.05, 3.63) is 47.5 Å². The van der Waals surface area contributed by atoms with Crippen LogP contribution in [-0.2, 0) is 13.0 Å². The van der Waals surface area contributed by atoms with Crippen LogP contribution in [0.5, 0.6) is 0 Å². The lowest BCUT2D eigenvalue weighted by Gasteiger charge is -2.25. The fourth-order valence-electron chi connectivity index (χ4n) is 3.65. The molecular weight excluding hydrogens is 451 g/mol. The first kappa shape index (κ1) is 20.1. The molecule has 3 unspecified atom stereocenters. The van der Waals surface area contributed by atoms with Crippen molar-refractivity contribution < 1.29 is 0 Å². The van der Waals surface area contributed by atoms with E-state index in [0.29, 0.717) is 23.9 Å². The Hall–Kier alpha value is -1.64. The second-order valence-corrected chi connectivity index (χ2v) is 7.68. The standard InChI is InChI=1S/C20H28N6.HI/c1-13(2)19-24-18-10-9-15(12-26(18)25-19)22-20(21-3)23-17-11-16(17)14-7-5-4-6-8-14;/h4-8,13,15-17H,9-12H2,1-3H3,(H2,21,22,23);1H. The number of nitrogens with zero attached hydrogens (tertiary/aromatic N) is 4. The molecule has 6 nitrogen and oxygen atoms in total. The Balaban J connectivity index is 0.00000210. The van der Waals surface area contributed by atoms with Crippen molar-refractivity contribution in [3.63, 3.8) is 0 Å². The normalized spacial score (nSPS) is 24.1. The molecule has 2 aliphatic rings. The molecule has 1 aromatic heterocycles. The predicted molar refractivity (Wildman–Crippen MR) is 119 cm³/mol. The van der Waals surface area contributed by atoms with Gasteiger partial charge in [-0.05, 0) is 18.4 Å². The molecule has 1 saturated carbocycles. The van der Waals surface area contributed by atoms with Gasteiger partial charge in [-0.2, -0.15) is 5.10 Å². The molecule has 0 saturated heterocycles. The van der Waals surface area contributed by atoms with E-state index in [1.807, 2.05) is 7.05 Å². The van der Waals surface area contributed by atoms with Gasteiger partial charge in [0.25, 0.3) is 0 Å². The van der Waals surface area contributed by atoms with E-state index in [1.165, 1.54) is 12.0 Å². The van der Waals surface area contributed by atoms with Gasteiger partial charge in [-0.1, -0.05) is 44.2 Å². The van der Waals surface area contributed by atoms with Crippen molar-refractivity contribution in [2.45, 2.75) is 63.6 Å². The smallest absolute Gasteiger partial charge is 0.191 e. The van der Waals surface area contributed by atoms with E-state index < -0.39 is 0 Å². The van der Waals surface area contributed by atoms with E-state index in [1.54, 1.807) is 0 Å². The van der Waals surface area contributed by atoms with Crippen LogP contribution in [0.2, 0.25) is 0 Å². The summed E-state index contributed by atoms with van der Waals surface area (Å²) in [5, 5.41) is 11.8. The molecule has 0 radical (unpaired) electrons. The SMILES string of the molecule is CN=C(NC1CCc2nc(C(C)C)nn2C1)NC1CC1c1ccccc1.I. The number of guanidine groups is 1. The zero-order valence-corrected chi connectivity index (χ0v) is 18.6. The maximum absolute atomic E-state index is 4.66. The van der Waals surface area contributed by atoms with Crippen molar-refractivity contribution >= 4 is 29.9 Å². The lowest BCUT2D eigenvalue weighted by molar-refractivity contribution is 0.391. The molecule has 1 fully saturated rings. The largest absolute Gasteiger partial charge is 0.353 e. The number of hydrogen-bond acceptors (Lipinski definition) is 3. The lowest BCUT2D eigenvalue weighted by Crippen LogP contribution is -2.47. The van der Waals surface area contributed by atoms with Crippen molar-refractivity contribution in [3.8, 4) is 0 Å². The fraction of sp³-hybridized carbons (Fsp3) is 0.550. The van der Waals surface area contributed by atoms with Crippen LogP contribution in [0.25, 0.3) is 0 Å². The first-order valence-corrected chi connectivity index (χ1v) is 9.62. The van der Waals surface area contributed by atoms with Gasteiger partial charge in [0.2, 0.25) is 0 Å². The molecule has 2 heterocycles. The summed E-state index contributed by atoms with van der Waals surface area (Å²) in [4.78, 5) is 9.09. The first-order valence-electron chi connectivity index (χ1n) is 9.62. The van der Waals surface area contributed by atoms with Gasteiger partial charge in [-0.15, -0.1) is 24.0 Å². The maximum Gasteiger partial charge on any atom is 0.191 e. The summed E-state index contributed by atoms with van der Waals surface area (Å²) in [5.74, 6) is 3.93. The van der Waals surface area contributed by atoms with Crippen molar-refractivity contribution in [1.29, 1.82) is 0 Å². The molecule has 27 heavy (non-hydrogen) atoms. The van der Waals surface area contributed by atoms with Crippen LogP contribution in [0.15, 0.2) is 35.3 Å². The minimum atomic E-state index is 0. The Morgan fingerprint density at radius 2 is 2.00 bits per heavy atom. The number of halogens is 1. The molecule has 0 amide bonds. The summed E-state index contributed by atoms with van der Waals surface area (Å²) in [6.45, 7) is 5.13. The summed E-state index contributed by atoms with van der Waals surface area (Å²) >= 11 is 0. The number of hydrogen-bond donors (Lipinski definition) is 2. The molecule has 1 aromatic carbocycles. The highest BCUT2D eigenvalue weighted by Crippen LogP contribution is 2.40. The fourth-order valence-corrected chi connectivity index (χ4v) is 3.65. The zero-order chi connectivity index (χ0) is 18.1. The Labute approximate surface area is 178 Å². The molecule has 4 rings (SSSR count). The topological polar surface area (TPSA) is 67.1 Å². The molecule has 1 aliphatic carbocycles. The molecule has 0 spiro atoms. The number of rotatable bonds is 4. The number of aromatic nitrogens is 3. The van der Waals surface area contributed by atoms with Gasteiger partial charge in [0.05, 0.1) is 6.54 Å². The molecule has 3 atom stereocenters. The third-order valence-electron chi connectivity index (χ3n) is 5.30. The molecular formula is C20H29IN6. The van der Waals surface area contributed by atoms with Gasteiger partial charge in [0.15, 0.2) is 11.8 Å². The van der Waals surface area contributed by atoms with Gasteiger partial charge in [-0.3, -0.25) is 4.99 Å². The Bertz CT molecular complexity index is 785. The summed E-state index contributed by atoms with van der Waals surface area (Å²) in [6, 6.07) is 11.5. The number of fused-ring (bicyclic) bond motifs is 1. The van der Waals surface area contributed by atoms with Crippen molar-refractivity contribution in [2.24, 2.45) is 4.99 Å². The number of aryl methyl sites for hydroxylation is 1. The Kier molecular flexibility index (Phi) is 6.39. The van der Waals surface area contributed by atoms with Crippen LogP contribution in [-0.4, -0.2) is 39.9 Å². The van der Waals surface area contributed by atoms with E-state index in [-0.39, 0.29) is 24.0 Å². The average Bonchev–Trinajstić information content (AvgIpc) is 3.28. The molecule has 7 heteroatoms. The van der Waals surface area contributed by atoms with Crippen LogP contribution in [0.1, 0.15) is 55.7 Å². The second-order valence-electron chi connectivity index (χ2n) is 7.68. The highest BCUT2D eigenvalue weighted by molar-refractivity contribution is 14.0. The number of aliphatic imine (C=N–C) groups is 1. The van der Waals surface area contributed by atoms with Crippen molar-refractivity contribution in [1.82, 2.24) is 25.4 Å². The molecule has 0 bridgehead atoms. The van der Waals surface area contributed by atoms with Crippen LogP contribution in [0.3, 0.4) is 0 Å². The maximum atomic E-state index is 4.66. The Morgan fingerprint density at radius 3 is 2.70 bits per heavy atom. The molecule has 2 aromatic rings. The van der Waals surface area contributed by atoms with Crippen LogP contribution < -0.4 is 10.6 Å². The average molecular weight is 480 g/mol. The summed E-state index contributed by atoms with van der Waals surface area (Å²) < 4.78 is 2.06. The van der Waals surface area contributed by atoms with Crippen LogP contribution in [0, 0.1) is 0 Å². The third-order valence-corrected chi connectivity index (χ3v) is 5.30. The lowest BCUT2D eigenvalue weighted by atomic mass is 10.1. The van der Waals surface area contributed by atoms with E-state index >= 15 is 0 Å². The quantitative estimate of drug-likeness (QED) is 0.401. The number of nitrogens with one attached hydrogen (secondary N) is 2. The van der Waals surface area contributed by atoms with Gasteiger partial charge in [-0.25, -0.2) is 9.67 Å². The number of benzene rings is 1. The highest BCUT2D eigenvalue weighted by Gasteiger charge is 2.39. The van der Waals surface area contributed by atoms with E-state index in [9.17, 15) is 0 Å². The predicted octanol–water partition coefficient (Wildman–Crippen LogP) is 3.06. The third kappa shape index (κ3) is 4.62. The first-order chi connectivity index (χ1) is 12.6. The summed E-state index contributed by atoms with van der Waals surface area (Å²) in [6.07, 6.45) is 3.19. The van der Waals surface area contributed by atoms with E-state index in [0.717, 1.165) is 37.0 Å². The monoisotopic (exact) mass is 480 g/mol. The van der Waals surface area contributed by atoms with Gasteiger partial charge < -0.3 is 10.6 Å². The minimum Gasteiger partial charge on any atom is -0.353 e. The molecule has 146 valence electrons.